The van der Waals surface area contributed by atoms with E-state index in [2.05, 4.69) is 24.1 Å². The van der Waals surface area contributed by atoms with Gasteiger partial charge in [0.05, 0.1) is 5.57 Å². The van der Waals surface area contributed by atoms with Gasteiger partial charge in [-0.3, -0.25) is 4.79 Å². The molecule has 0 aromatic rings. The fraction of sp³-hybridized carbons (Fsp3) is 0.810. The van der Waals surface area contributed by atoms with Crippen molar-refractivity contribution >= 4 is 11.9 Å². The second kappa shape index (κ2) is 8.12. The Morgan fingerprint density at radius 3 is 2.50 bits per heavy atom. The Bertz CT molecular complexity index is 568. The highest BCUT2D eigenvalue weighted by Crippen LogP contribution is 2.43. The zero-order valence-corrected chi connectivity index (χ0v) is 16.6. The number of nitrogens with zero attached hydrogens (tertiary/aromatic N) is 1. The maximum absolute atomic E-state index is 12.8. The maximum atomic E-state index is 12.8. The lowest BCUT2D eigenvalue weighted by atomic mass is 9.78. The third-order valence-electron chi connectivity index (χ3n) is 6.19. The normalized spacial score (nSPS) is 29.1. The first-order chi connectivity index (χ1) is 12.4. The standard InChI is InChI=1S/C21H34N2O3/c1-15-12-16(2)14-23(13-15)11-7-10-22-19(24)18-17(3)20(25)26-21(18)8-5-4-6-9-21/h15-16H,4-14H2,1-3H3,(H,22,24). The molecule has 3 aliphatic rings. The van der Waals surface area contributed by atoms with Gasteiger partial charge in [-0.05, 0) is 63.8 Å². The quantitative estimate of drug-likeness (QED) is 0.603. The van der Waals surface area contributed by atoms with Crippen molar-refractivity contribution in [2.45, 2.75) is 71.3 Å². The molecule has 2 aliphatic heterocycles. The lowest BCUT2D eigenvalue weighted by Gasteiger charge is -2.35. The number of carbonyl (C=O) groups excluding carboxylic acids is 2. The SMILES string of the molecule is CC1=C(C(=O)NCCCN2CC(C)CC(C)C2)C2(CCCCC2)OC1=O. The highest BCUT2D eigenvalue weighted by Gasteiger charge is 2.49. The molecule has 146 valence electrons. The first-order valence-corrected chi connectivity index (χ1v) is 10.4. The summed E-state index contributed by atoms with van der Waals surface area (Å²) in [6.07, 6.45) is 7.01. The Morgan fingerprint density at radius 2 is 1.85 bits per heavy atom. The molecule has 2 heterocycles. The first-order valence-electron chi connectivity index (χ1n) is 10.4. The summed E-state index contributed by atoms with van der Waals surface area (Å²) in [5.41, 5.74) is 0.451. The predicted molar refractivity (Wildman–Crippen MR) is 102 cm³/mol. The molecule has 0 aromatic carbocycles. The minimum absolute atomic E-state index is 0.101. The van der Waals surface area contributed by atoms with Gasteiger partial charge in [0, 0.05) is 25.2 Å². The summed E-state index contributed by atoms with van der Waals surface area (Å²) in [5.74, 6) is 1.10. The van der Waals surface area contributed by atoms with Gasteiger partial charge in [-0.25, -0.2) is 4.79 Å². The summed E-state index contributed by atoms with van der Waals surface area (Å²) in [6, 6.07) is 0. The van der Waals surface area contributed by atoms with Gasteiger partial charge in [-0.2, -0.15) is 0 Å². The van der Waals surface area contributed by atoms with Crippen LogP contribution in [0.2, 0.25) is 0 Å². The van der Waals surface area contributed by atoms with Crippen molar-refractivity contribution in [3.8, 4) is 0 Å². The number of esters is 1. The average Bonchev–Trinajstić information content (AvgIpc) is 2.81. The first kappa shape index (κ1) is 19.4. The van der Waals surface area contributed by atoms with E-state index >= 15 is 0 Å². The Balaban J connectivity index is 1.51. The van der Waals surface area contributed by atoms with Crippen molar-refractivity contribution in [3.05, 3.63) is 11.1 Å². The second-order valence-electron chi connectivity index (χ2n) is 8.76. The number of likely N-dealkylation sites (tertiary alicyclic amines) is 1. The third kappa shape index (κ3) is 4.13. The lowest BCUT2D eigenvalue weighted by molar-refractivity contribution is -0.149. The average molecular weight is 363 g/mol. The Labute approximate surface area is 157 Å². The van der Waals surface area contributed by atoms with Gasteiger partial charge in [-0.1, -0.05) is 20.3 Å². The lowest BCUT2D eigenvalue weighted by Crippen LogP contribution is -2.42. The van der Waals surface area contributed by atoms with Crippen LogP contribution in [0.4, 0.5) is 0 Å². The molecular formula is C21H34N2O3. The van der Waals surface area contributed by atoms with Gasteiger partial charge in [0.1, 0.15) is 5.60 Å². The molecule has 5 nitrogen and oxygen atoms in total. The summed E-state index contributed by atoms with van der Waals surface area (Å²) in [5, 5.41) is 3.05. The maximum Gasteiger partial charge on any atom is 0.335 e. The molecule has 1 amide bonds. The van der Waals surface area contributed by atoms with Crippen LogP contribution < -0.4 is 5.32 Å². The minimum atomic E-state index is -0.652. The molecule has 0 aromatic heterocycles. The van der Waals surface area contributed by atoms with Gasteiger partial charge in [0.25, 0.3) is 5.91 Å². The number of rotatable bonds is 5. The third-order valence-corrected chi connectivity index (χ3v) is 6.19. The molecule has 3 rings (SSSR count). The van der Waals surface area contributed by atoms with E-state index < -0.39 is 5.60 Å². The van der Waals surface area contributed by atoms with Crippen LogP contribution >= 0.6 is 0 Å². The van der Waals surface area contributed by atoms with Gasteiger partial charge < -0.3 is 15.0 Å². The van der Waals surface area contributed by atoms with E-state index in [0.717, 1.165) is 70.0 Å². The number of nitrogens with one attached hydrogen (secondary N) is 1. The summed E-state index contributed by atoms with van der Waals surface area (Å²) in [4.78, 5) is 27.4. The van der Waals surface area contributed by atoms with Crippen molar-refractivity contribution in [2.75, 3.05) is 26.2 Å². The van der Waals surface area contributed by atoms with Crippen molar-refractivity contribution in [1.29, 1.82) is 0 Å². The fourth-order valence-corrected chi connectivity index (χ4v) is 5.17. The second-order valence-corrected chi connectivity index (χ2v) is 8.76. The molecule has 1 N–H and O–H groups in total. The molecular weight excluding hydrogens is 328 g/mol. The number of piperidine rings is 1. The summed E-state index contributed by atoms with van der Waals surface area (Å²) < 4.78 is 5.68. The zero-order valence-electron chi connectivity index (χ0n) is 16.6. The predicted octanol–water partition coefficient (Wildman–Crippen LogP) is 3.05. The monoisotopic (exact) mass is 362 g/mol. The van der Waals surface area contributed by atoms with Crippen molar-refractivity contribution < 1.29 is 14.3 Å². The number of carbonyl (C=O) groups is 2. The molecule has 5 heteroatoms. The molecule has 0 bridgehead atoms. The molecule has 1 saturated carbocycles. The summed E-state index contributed by atoms with van der Waals surface area (Å²) >= 11 is 0. The van der Waals surface area contributed by atoms with Crippen molar-refractivity contribution in [3.63, 3.8) is 0 Å². The largest absolute Gasteiger partial charge is 0.451 e. The highest BCUT2D eigenvalue weighted by molar-refractivity contribution is 6.07. The Morgan fingerprint density at radius 1 is 1.19 bits per heavy atom. The molecule has 2 atom stereocenters. The number of ether oxygens (including phenoxy) is 1. The summed E-state index contributed by atoms with van der Waals surface area (Å²) in [7, 11) is 0. The van der Waals surface area contributed by atoms with E-state index in [9.17, 15) is 9.59 Å². The van der Waals surface area contributed by atoms with Crippen molar-refractivity contribution in [1.82, 2.24) is 10.2 Å². The van der Waals surface area contributed by atoms with Crippen LogP contribution in [0.25, 0.3) is 0 Å². The number of hydrogen-bond acceptors (Lipinski definition) is 4. The van der Waals surface area contributed by atoms with E-state index in [4.69, 9.17) is 4.74 Å². The van der Waals surface area contributed by atoms with Crippen LogP contribution in [0, 0.1) is 11.8 Å². The smallest absolute Gasteiger partial charge is 0.335 e. The van der Waals surface area contributed by atoms with Crippen LogP contribution in [0.3, 0.4) is 0 Å². The van der Waals surface area contributed by atoms with Gasteiger partial charge in [0.15, 0.2) is 0 Å². The minimum Gasteiger partial charge on any atom is -0.451 e. The van der Waals surface area contributed by atoms with Crippen LogP contribution in [0.1, 0.15) is 65.7 Å². The van der Waals surface area contributed by atoms with E-state index in [1.807, 2.05) is 0 Å². The molecule has 1 spiro atoms. The van der Waals surface area contributed by atoms with Gasteiger partial charge >= 0.3 is 5.97 Å². The number of hydrogen-bond donors (Lipinski definition) is 1. The molecule has 0 radical (unpaired) electrons. The summed E-state index contributed by atoms with van der Waals surface area (Å²) in [6.45, 7) is 10.4. The van der Waals surface area contributed by atoms with Gasteiger partial charge in [-0.15, -0.1) is 0 Å². The van der Waals surface area contributed by atoms with E-state index in [1.165, 1.54) is 6.42 Å². The molecule has 2 fully saturated rings. The van der Waals surface area contributed by atoms with Crippen molar-refractivity contribution in [2.24, 2.45) is 11.8 Å². The van der Waals surface area contributed by atoms with E-state index in [0.29, 0.717) is 17.7 Å². The highest BCUT2D eigenvalue weighted by atomic mass is 16.6. The van der Waals surface area contributed by atoms with Crippen LogP contribution in [-0.2, 0) is 14.3 Å². The van der Waals surface area contributed by atoms with Crippen LogP contribution in [-0.4, -0.2) is 48.6 Å². The van der Waals surface area contributed by atoms with Crippen LogP contribution in [0.5, 0.6) is 0 Å². The Hall–Kier alpha value is -1.36. The Kier molecular flexibility index (Phi) is 6.06. The van der Waals surface area contributed by atoms with E-state index in [-0.39, 0.29) is 11.9 Å². The topological polar surface area (TPSA) is 58.6 Å². The number of amides is 1. The van der Waals surface area contributed by atoms with E-state index in [1.54, 1.807) is 6.92 Å². The molecule has 2 unspecified atom stereocenters. The zero-order chi connectivity index (χ0) is 18.7. The van der Waals surface area contributed by atoms with Crippen LogP contribution in [0.15, 0.2) is 11.1 Å². The molecule has 26 heavy (non-hydrogen) atoms. The molecule has 1 aliphatic carbocycles. The fourth-order valence-electron chi connectivity index (χ4n) is 5.17. The molecule has 1 saturated heterocycles. The van der Waals surface area contributed by atoms with Gasteiger partial charge in [0.2, 0.25) is 0 Å².